The number of imidazole rings is 1. The fourth-order valence-corrected chi connectivity index (χ4v) is 4.41. The number of ether oxygens (including phenoxy) is 1. The standard InChI is InChI=1S/C21H26N4O3/c1-15(26)22-13-16-4-3-5-17(12-16)20(27)25-9-6-18-19(23-14-24(18)2)21(25)7-10-28-11-8-21/h3-5,12,14H,6-11,13H2,1-2H3,(H,22,26). The van der Waals surface area contributed by atoms with Crippen LogP contribution in [0, 0.1) is 0 Å². The normalized spacial score (nSPS) is 18.0. The lowest BCUT2D eigenvalue weighted by atomic mass is 9.80. The molecule has 0 bridgehead atoms. The van der Waals surface area contributed by atoms with Crippen LogP contribution in [0.5, 0.6) is 0 Å². The molecular formula is C21H26N4O3. The van der Waals surface area contributed by atoms with Crippen molar-refractivity contribution in [2.24, 2.45) is 7.05 Å². The van der Waals surface area contributed by atoms with Crippen molar-refractivity contribution >= 4 is 11.8 Å². The largest absolute Gasteiger partial charge is 0.381 e. The first-order valence-electron chi connectivity index (χ1n) is 9.75. The molecule has 1 saturated heterocycles. The summed E-state index contributed by atoms with van der Waals surface area (Å²) in [6.07, 6.45) is 4.17. The smallest absolute Gasteiger partial charge is 0.254 e. The van der Waals surface area contributed by atoms with E-state index < -0.39 is 5.54 Å². The van der Waals surface area contributed by atoms with Crippen LogP contribution in [0.2, 0.25) is 0 Å². The van der Waals surface area contributed by atoms with E-state index >= 15 is 0 Å². The number of nitrogens with one attached hydrogen (secondary N) is 1. The highest BCUT2D eigenvalue weighted by Gasteiger charge is 2.48. The zero-order chi connectivity index (χ0) is 19.7. The molecule has 1 aromatic carbocycles. The third kappa shape index (κ3) is 3.20. The molecule has 2 aliphatic rings. The van der Waals surface area contributed by atoms with E-state index in [1.165, 1.54) is 12.6 Å². The highest BCUT2D eigenvalue weighted by molar-refractivity contribution is 5.95. The summed E-state index contributed by atoms with van der Waals surface area (Å²) in [4.78, 5) is 31.4. The summed E-state index contributed by atoms with van der Waals surface area (Å²) in [5.41, 5.74) is 3.39. The summed E-state index contributed by atoms with van der Waals surface area (Å²) < 4.78 is 7.69. The van der Waals surface area contributed by atoms with Crippen molar-refractivity contribution in [1.29, 1.82) is 0 Å². The van der Waals surface area contributed by atoms with E-state index in [0.29, 0.717) is 31.9 Å². The predicted octanol–water partition coefficient (Wildman–Crippen LogP) is 1.76. The molecule has 1 aromatic heterocycles. The van der Waals surface area contributed by atoms with E-state index in [1.807, 2.05) is 42.5 Å². The number of fused-ring (bicyclic) bond motifs is 2. The molecule has 7 heteroatoms. The summed E-state index contributed by atoms with van der Waals surface area (Å²) in [6, 6.07) is 7.51. The van der Waals surface area contributed by atoms with E-state index in [-0.39, 0.29) is 11.8 Å². The van der Waals surface area contributed by atoms with Gasteiger partial charge in [-0.05, 0) is 30.5 Å². The number of nitrogens with zero attached hydrogens (tertiary/aromatic N) is 3. The second-order valence-corrected chi connectivity index (χ2v) is 7.61. The molecule has 4 rings (SSSR count). The highest BCUT2D eigenvalue weighted by atomic mass is 16.5. The maximum absolute atomic E-state index is 13.5. The van der Waals surface area contributed by atoms with Crippen molar-refractivity contribution in [1.82, 2.24) is 19.8 Å². The molecular weight excluding hydrogens is 356 g/mol. The third-order valence-corrected chi connectivity index (χ3v) is 5.87. The number of hydrogen-bond donors (Lipinski definition) is 1. The molecule has 2 aromatic rings. The van der Waals surface area contributed by atoms with Crippen LogP contribution in [-0.4, -0.2) is 46.0 Å². The van der Waals surface area contributed by atoms with Gasteiger partial charge in [0.25, 0.3) is 5.91 Å². The van der Waals surface area contributed by atoms with Crippen molar-refractivity contribution < 1.29 is 14.3 Å². The Hall–Kier alpha value is -2.67. The van der Waals surface area contributed by atoms with Gasteiger partial charge in [-0.1, -0.05) is 12.1 Å². The zero-order valence-corrected chi connectivity index (χ0v) is 16.4. The number of hydrogen-bond acceptors (Lipinski definition) is 4. The van der Waals surface area contributed by atoms with E-state index in [2.05, 4.69) is 9.88 Å². The van der Waals surface area contributed by atoms with Gasteiger partial charge in [-0.25, -0.2) is 4.98 Å². The van der Waals surface area contributed by atoms with Gasteiger partial charge < -0.3 is 19.5 Å². The van der Waals surface area contributed by atoms with Crippen LogP contribution >= 0.6 is 0 Å². The van der Waals surface area contributed by atoms with Crippen LogP contribution in [0.15, 0.2) is 30.6 Å². The van der Waals surface area contributed by atoms with Gasteiger partial charge >= 0.3 is 0 Å². The second kappa shape index (κ2) is 7.39. The Morgan fingerprint density at radius 2 is 2.07 bits per heavy atom. The molecule has 0 radical (unpaired) electrons. The minimum absolute atomic E-state index is 0.0166. The summed E-state index contributed by atoms with van der Waals surface area (Å²) in [6.45, 7) is 3.83. The molecule has 148 valence electrons. The minimum atomic E-state index is -0.405. The Kier molecular flexibility index (Phi) is 4.93. The van der Waals surface area contributed by atoms with E-state index in [9.17, 15) is 9.59 Å². The number of amides is 2. The van der Waals surface area contributed by atoms with Crippen LogP contribution in [0.1, 0.15) is 47.1 Å². The number of benzene rings is 1. The van der Waals surface area contributed by atoms with Crippen LogP contribution in [0.25, 0.3) is 0 Å². The first-order valence-corrected chi connectivity index (χ1v) is 9.75. The van der Waals surface area contributed by atoms with Crippen molar-refractivity contribution in [3.8, 4) is 0 Å². The number of carbonyl (C=O) groups excluding carboxylic acids is 2. The number of carbonyl (C=O) groups is 2. The molecule has 2 amide bonds. The first kappa shape index (κ1) is 18.7. The lowest BCUT2D eigenvalue weighted by Crippen LogP contribution is -2.56. The summed E-state index contributed by atoms with van der Waals surface area (Å²) in [7, 11) is 2.02. The fourth-order valence-electron chi connectivity index (χ4n) is 4.41. The topological polar surface area (TPSA) is 76.5 Å². The predicted molar refractivity (Wildman–Crippen MR) is 104 cm³/mol. The molecule has 3 heterocycles. The molecule has 1 N–H and O–H groups in total. The van der Waals surface area contributed by atoms with Gasteiger partial charge in [0, 0.05) is 58.0 Å². The quantitative estimate of drug-likeness (QED) is 0.878. The van der Waals surface area contributed by atoms with Crippen molar-refractivity contribution in [2.75, 3.05) is 19.8 Å². The van der Waals surface area contributed by atoms with Crippen molar-refractivity contribution in [3.05, 3.63) is 53.1 Å². The highest BCUT2D eigenvalue weighted by Crippen LogP contribution is 2.42. The van der Waals surface area contributed by atoms with Crippen LogP contribution in [0.4, 0.5) is 0 Å². The van der Waals surface area contributed by atoms with E-state index in [4.69, 9.17) is 9.72 Å². The molecule has 0 aliphatic carbocycles. The molecule has 0 atom stereocenters. The number of rotatable bonds is 3. The van der Waals surface area contributed by atoms with Gasteiger partial charge in [0.1, 0.15) is 0 Å². The average Bonchev–Trinajstić information content (AvgIpc) is 3.09. The molecule has 1 spiro atoms. The van der Waals surface area contributed by atoms with Crippen LogP contribution in [0.3, 0.4) is 0 Å². The minimum Gasteiger partial charge on any atom is -0.381 e. The Balaban J connectivity index is 1.67. The summed E-state index contributed by atoms with van der Waals surface area (Å²) in [5, 5.41) is 2.79. The average molecular weight is 382 g/mol. The SMILES string of the molecule is CC(=O)NCc1cccc(C(=O)N2CCc3c(ncn3C)C23CCOCC3)c1. The first-order chi connectivity index (χ1) is 13.5. The van der Waals surface area contributed by atoms with Crippen LogP contribution in [-0.2, 0) is 35.1 Å². The molecule has 1 fully saturated rings. The lowest BCUT2D eigenvalue weighted by molar-refractivity contribution is -0.119. The van der Waals surface area contributed by atoms with Gasteiger partial charge in [0.15, 0.2) is 0 Å². The van der Waals surface area contributed by atoms with Gasteiger partial charge in [-0.3, -0.25) is 9.59 Å². The van der Waals surface area contributed by atoms with E-state index in [1.54, 1.807) is 0 Å². The number of aryl methyl sites for hydroxylation is 1. The van der Waals surface area contributed by atoms with Crippen molar-refractivity contribution in [2.45, 2.75) is 38.3 Å². The van der Waals surface area contributed by atoms with Gasteiger partial charge in [-0.15, -0.1) is 0 Å². The van der Waals surface area contributed by atoms with Crippen LogP contribution < -0.4 is 5.32 Å². The Morgan fingerprint density at radius 3 is 2.82 bits per heavy atom. The fraction of sp³-hybridized carbons (Fsp3) is 0.476. The summed E-state index contributed by atoms with van der Waals surface area (Å²) >= 11 is 0. The lowest BCUT2D eigenvalue weighted by Gasteiger charge is -2.48. The molecule has 0 saturated carbocycles. The molecule has 28 heavy (non-hydrogen) atoms. The maximum Gasteiger partial charge on any atom is 0.254 e. The summed E-state index contributed by atoms with van der Waals surface area (Å²) in [5.74, 6) is -0.0699. The van der Waals surface area contributed by atoms with Gasteiger partial charge in [0.2, 0.25) is 5.91 Å². The maximum atomic E-state index is 13.5. The Labute approximate surface area is 164 Å². The van der Waals surface area contributed by atoms with Crippen molar-refractivity contribution in [3.63, 3.8) is 0 Å². The monoisotopic (exact) mass is 382 g/mol. The molecule has 7 nitrogen and oxygen atoms in total. The van der Waals surface area contributed by atoms with E-state index in [0.717, 1.165) is 30.5 Å². The zero-order valence-electron chi connectivity index (χ0n) is 16.4. The third-order valence-electron chi connectivity index (χ3n) is 5.87. The Bertz CT molecular complexity index is 899. The van der Waals surface area contributed by atoms with Gasteiger partial charge in [-0.2, -0.15) is 0 Å². The Morgan fingerprint density at radius 1 is 1.29 bits per heavy atom. The van der Waals surface area contributed by atoms with Gasteiger partial charge in [0.05, 0.1) is 17.6 Å². The molecule has 2 aliphatic heterocycles. The molecule has 0 unspecified atom stereocenters. The second-order valence-electron chi connectivity index (χ2n) is 7.61. The number of aromatic nitrogens is 2.